The number of hydrogen-bond acceptors (Lipinski definition) is 4. The number of H-pyrrole nitrogens is 1. The number of benzene rings is 1. The summed E-state index contributed by atoms with van der Waals surface area (Å²) in [6, 6.07) is 7.60. The summed E-state index contributed by atoms with van der Waals surface area (Å²) in [7, 11) is 1.70. The van der Waals surface area contributed by atoms with Crippen LogP contribution in [0.4, 0.5) is 5.95 Å². The normalized spacial score (nSPS) is 14.5. The molecular formula is C17H17N5O2. The number of aryl methyl sites for hydroxylation is 1. The third kappa shape index (κ3) is 2.38. The monoisotopic (exact) mass is 323 g/mol. The van der Waals surface area contributed by atoms with Crippen LogP contribution >= 0.6 is 0 Å². The van der Waals surface area contributed by atoms with Crippen LogP contribution in [0.15, 0.2) is 35.3 Å². The SMILES string of the molecule is Cn1ncc2c(=O)[nH]c(NC(=O)c3ccccc3C3CCC3)nc21. The number of carbonyl (C=O) groups excluding carboxylic acids is 1. The van der Waals surface area contributed by atoms with Gasteiger partial charge in [-0.05, 0) is 30.4 Å². The fourth-order valence-corrected chi connectivity index (χ4v) is 3.05. The van der Waals surface area contributed by atoms with E-state index in [-0.39, 0.29) is 17.4 Å². The molecule has 0 radical (unpaired) electrons. The molecule has 7 nitrogen and oxygen atoms in total. The summed E-state index contributed by atoms with van der Waals surface area (Å²) in [5, 5.41) is 7.11. The number of carbonyl (C=O) groups is 1. The van der Waals surface area contributed by atoms with E-state index in [2.05, 4.69) is 20.4 Å². The number of nitrogens with zero attached hydrogens (tertiary/aromatic N) is 3. The Bertz CT molecular complexity index is 984. The molecule has 0 aliphatic heterocycles. The Balaban J connectivity index is 1.67. The minimum Gasteiger partial charge on any atom is -0.292 e. The van der Waals surface area contributed by atoms with Gasteiger partial charge in [-0.3, -0.25) is 24.6 Å². The minimum absolute atomic E-state index is 0.129. The van der Waals surface area contributed by atoms with Crippen molar-refractivity contribution in [1.82, 2.24) is 19.7 Å². The zero-order valence-corrected chi connectivity index (χ0v) is 13.2. The fraction of sp³-hybridized carbons (Fsp3) is 0.294. The molecule has 24 heavy (non-hydrogen) atoms. The summed E-state index contributed by atoms with van der Waals surface area (Å²) in [4.78, 5) is 31.6. The van der Waals surface area contributed by atoms with Gasteiger partial charge in [-0.1, -0.05) is 24.6 Å². The lowest BCUT2D eigenvalue weighted by Crippen LogP contribution is -2.21. The molecule has 1 aromatic carbocycles. The van der Waals surface area contributed by atoms with Gasteiger partial charge in [0.05, 0.1) is 6.20 Å². The second kappa shape index (κ2) is 5.59. The molecule has 0 bridgehead atoms. The molecule has 0 saturated heterocycles. The van der Waals surface area contributed by atoms with Crippen molar-refractivity contribution < 1.29 is 4.79 Å². The predicted octanol–water partition coefficient (Wildman–Crippen LogP) is 2.18. The van der Waals surface area contributed by atoms with Crippen LogP contribution in [0.1, 0.15) is 41.1 Å². The number of amides is 1. The van der Waals surface area contributed by atoms with Gasteiger partial charge in [0.2, 0.25) is 5.95 Å². The van der Waals surface area contributed by atoms with E-state index in [1.165, 1.54) is 17.3 Å². The van der Waals surface area contributed by atoms with E-state index in [1.54, 1.807) is 7.05 Å². The fourth-order valence-electron chi connectivity index (χ4n) is 3.05. The largest absolute Gasteiger partial charge is 0.292 e. The zero-order chi connectivity index (χ0) is 16.7. The molecule has 0 atom stereocenters. The summed E-state index contributed by atoms with van der Waals surface area (Å²) in [5.74, 6) is 0.310. The highest BCUT2D eigenvalue weighted by atomic mass is 16.2. The standard InChI is InChI=1S/C17H17N5O2/c1-22-14-13(9-18-22)16(24)21-17(19-14)20-15(23)12-8-3-2-7-11(12)10-5-4-6-10/h2-3,7-10H,4-6H2,1H3,(H2,19,20,21,23,24). The van der Waals surface area contributed by atoms with Crippen LogP contribution < -0.4 is 10.9 Å². The Kier molecular flexibility index (Phi) is 3.41. The molecule has 2 heterocycles. The van der Waals surface area contributed by atoms with Crippen LogP contribution in [-0.2, 0) is 7.05 Å². The second-order valence-electron chi connectivity index (χ2n) is 6.09. The van der Waals surface area contributed by atoms with Gasteiger partial charge in [-0.2, -0.15) is 10.1 Å². The molecule has 2 aromatic heterocycles. The molecule has 1 amide bonds. The Morgan fingerprint density at radius 3 is 2.88 bits per heavy atom. The third-order valence-corrected chi connectivity index (χ3v) is 4.58. The predicted molar refractivity (Wildman–Crippen MR) is 90.1 cm³/mol. The lowest BCUT2D eigenvalue weighted by Gasteiger charge is -2.27. The van der Waals surface area contributed by atoms with E-state index in [0.29, 0.717) is 22.5 Å². The van der Waals surface area contributed by atoms with Gasteiger partial charge < -0.3 is 0 Å². The number of rotatable bonds is 3. The first-order chi connectivity index (χ1) is 11.6. The molecule has 122 valence electrons. The molecule has 1 saturated carbocycles. The van der Waals surface area contributed by atoms with Gasteiger partial charge in [-0.25, -0.2) is 0 Å². The lowest BCUT2D eigenvalue weighted by molar-refractivity contribution is 0.102. The maximum atomic E-state index is 12.7. The van der Waals surface area contributed by atoms with Crippen LogP contribution in [0.5, 0.6) is 0 Å². The first-order valence-corrected chi connectivity index (χ1v) is 7.96. The first kappa shape index (κ1) is 14.6. The summed E-state index contributed by atoms with van der Waals surface area (Å²) in [6.45, 7) is 0. The highest BCUT2D eigenvalue weighted by Crippen LogP contribution is 2.38. The lowest BCUT2D eigenvalue weighted by atomic mass is 9.78. The minimum atomic E-state index is -0.323. The van der Waals surface area contributed by atoms with Gasteiger partial charge in [0.1, 0.15) is 5.39 Å². The van der Waals surface area contributed by atoms with E-state index < -0.39 is 0 Å². The Hall–Kier alpha value is -2.96. The molecular weight excluding hydrogens is 306 g/mol. The third-order valence-electron chi connectivity index (χ3n) is 4.58. The molecule has 4 rings (SSSR count). The second-order valence-corrected chi connectivity index (χ2v) is 6.09. The number of hydrogen-bond donors (Lipinski definition) is 2. The highest BCUT2D eigenvalue weighted by Gasteiger charge is 2.24. The van der Waals surface area contributed by atoms with Gasteiger partial charge in [-0.15, -0.1) is 0 Å². The van der Waals surface area contributed by atoms with E-state index >= 15 is 0 Å². The molecule has 1 aliphatic carbocycles. The van der Waals surface area contributed by atoms with Gasteiger partial charge in [0.15, 0.2) is 5.65 Å². The summed E-state index contributed by atoms with van der Waals surface area (Å²) in [6.07, 6.45) is 4.88. The first-order valence-electron chi connectivity index (χ1n) is 7.96. The van der Waals surface area contributed by atoms with Crippen molar-refractivity contribution >= 4 is 22.9 Å². The van der Waals surface area contributed by atoms with E-state index in [4.69, 9.17) is 0 Å². The average molecular weight is 323 g/mol. The van der Waals surface area contributed by atoms with Crippen LogP contribution in [-0.4, -0.2) is 25.7 Å². The van der Waals surface area contributed by atoms with Crippen molar-refractivity contribution in [2.45, 2.75) is 25.2 Å². The van der Waals surface area contributed by atoms with E-state index in [0.717, 1.165) is 18.4 Å². The van der Waals surface area contributed by atoms with E-state index in [9.17, 15) is 9.59 Å². The van der Waals surface area contributed by atoms with Crippen LogP contribution in [0.25, 0.3) is 11.0 Å². The van der Waals surface area contributed by atoms with Crippen molar-refractivity contribution in [3.8, 4) is 0 Å². The van der Waals surface area contributed by atoms with Crippen molar-refractivity contribution in [2.75, 3.05) is 5.32 Å². The summed E-state index contributed by atoms with van der Waals surface area (Å²) in [5.41, 5.74) is 1.80. The maximum Gasteiger partial charge on any atom is 0.263 e. The highest BCUT2D eigenvalue weighted by molar-refractivity contribution is 6.04. The average Bonchev–Trinajstić information content (AvgIpc) is 2.88. The van der Waals surface area contributed by atoms with Crippen molar-refractivity contribution in [3.63, 3.8) is 0 Å². The topological polar surface area (TPSA) is 92.7 Å². The summed E-state index contributed by atoms with van der Waals surface area (Å²) < 4.78 is 1.50. The summed E-state index contributed by atoms with van der Waals surface area (Å²) >= 11 is 0. The number of anilines is 1. The smallest absolute Gasteiger partial charge is 0.263 e. The van der Waals surface area contributed by atoms with Crippen molar-refractivity contribution in [1.29, 1.82) is 0 Å². The van der Waals surface area contributed by atoms with Gasteiger partial charge in [0.25, 0.3) is 11.5 Å². The van der Waals surface area contributed by atoms with Gasteiger partial charge in [0, 0.05) is 12.6 Å². The maximum absolute atomic E-state index is 12.7. The van der Waals surface area contributed by atoms with E-state index in [1.807, 2.05) is 24.3 Å². The molecule has 7 heteroatoms. The molecule has 0 spiro atoms. The quantitative estimate of drug-likeness (QED) is 0.772. The molecule has 3 aromatic rings. The molecule has 1 fully saturated rings. The van der Waals surface area contributed by atoms with Crippen LogP contribution in [0.3, 0.4) is 0 Å². The van der Waals surface area contributed by atoms with Crippen molar-refractivity contribution in [2.24, 2.45) is 7.05 Å². The Morgan fingerprint density at radius 1 is 1.33 bits per heavy atom. The Morgan fingerprint density at radius 2 is 2.12 bits per heavy atom. The number of aromatic amines is 1. The van der Waals surface area contributed by atoms with Crippen LogP contribution in [0, 0.1) is 0 Å². The molecule has 2 N–H and O–H groups in total. The molecule has 1 aliphatic rings. The zero-order valence-electron chi connectivity index (χ0n) is 13.2. The number of aromatic nitrogens is 4. The molecule has 0 unspecified atom stereocenters. The Labute approximate surface area is 137 Å². The van der Waals surface area contributed by atoms with Crippen LogP contribution in [0.2, 0.25) is 0 Å². The van der Waals surface area contributed by atoms with Gasteiger partial charge >= 0.3 is 0 Å². The number of fused-ring (bicyclic) bond motifs is 1. The van der Waals surface area contributed by atoms with Crippen molar-refractivity contribution in [3.05, 3.63) is 51.9 Å². The number of nitrogens with one attached hydrogen (secondary N) is 2.